The second kappa shape index (κ2) is 10.9. The van der Waals surface area contributed by atoms with Crippen LogP contribution in [0.3, 0.4) is 0 Å². The molecular formula is C17H24F2N4O4. The molecular weight excluding hydrogens is 362 g/mol. The van der Waals surface area contributed by atoms with Crippen molar-refractivity contribution in [1.29, 1.82) is 5.26 Å². The van der Waals surface area contributed by atoms with Crippen LogP contribution in [0.4, 0.5) is 14.5 Å². The van der Waals surface area contributed by atoms with E-state index in [1.165, 1.54) is 4.68 Å². The smallest absolute Gasteiger partial charge is 0.316 e. The summed E-state index contributed by atoms with van der Waals surface area (Å²) in [6.07, 6.45) is 2.51. The molecule has 0 aromatic carbocycles. The number of alkyl halides is 2. The van der Waals surface area contributed by atoms with Gasteiger partial charge in [0.1, 0.15) is 6.20 Å². The summed E-state index contributed by atoms with van der Waals surface area (Å²) in [6, 6.07) is 1.91. The third-order valence-corrected chi connectivity index (χ3v) is 4.62. The van der Waals surface area contributed by atoms with Crippen LogP contribution in [0.5, 0.6) is 0 Å². The number of halogens is 2. The summed E-state index contributed by atoms with van der Waals surface area (Å²) in [6.45, 7) is 2.24. The van der Waals surface area contributed by atoms with Crippen LogP contribution in [-0.2, 0) is 9.47 Å². The summed E-state index contributed by atoms with van der Waals surface area (Å²) in [7, 11) is 0. The van der Waals surface area contributed by atoms with E-state index >= 15 is 0 Å². The molecule has 1 fully saturated rings. The molecule has 0 aliphatic heterocycles. The van der Waals surface area contributed by atoms with Gasteiger partial charge in [-0.1, -0.05) is 0 Å². The van der Waals surface area contributed by atoms with Crippen LogP contribution in [0.2, 0.25) is 0 Å². The molecule has 2 rings (SSSR count). The Bertz CT molecular complexity index is 639. The maximum Gasteiger partial charge on any atom is 0.316 e. The molecule has 10 heteroatoms. The molecule has 0 radical (unpaired) electrons. The number of hydrogen-bond acceptors (Lipinski definition) is 6. The zero-order valence-corrected chi connectivity index (χ0v) is 15.1. The van der Waals surface area contributed by atoms with Crippen molar-refractivity contribution in [1.82, 2.24) is 9.78 Å². The fourth-order valence-corrected chi connectivity index (χ4v) is 3.19. The molecule has 1 heterocycles. The molecule has 0 saturated heterocycles. The number of ether oxygens (including phenoxy) is 2. The molecule has 150 valence electrons. The van der Waals surface area contributed by atoms with Gasteiger partial charge in [-0.15, -0.1) is 0 Å². The predicted octanol–water partition coefficient (Wildman–Crippen LogP) is 3.80. The van der Waals surface area contributed by atoms with E-state index in [4.69, 9.17) is 14.7 Å². The minimum absolute atomic E-state index is 0.0963. The van der Waals surface area contributed by atoms with Gasteiger partial charge in [0, 0.05) is 19.8 Å². The number of nitrogens with zero attached hydrogens (tertiary/aromatic N) is 4. The van der Waals surface area contributed by atoms with Gasteiger partial charge in [-0.2, -0.15) is 10.4 Å². The zero-order valence-electron chi connectivity index (χ0n) is 15.1. The van der Waals surface area contributed by atoms with E-state index in [2.05, 4.69) is 5.10 Å². The third kappa shape index (κ3) is 6.52. The maximum atomic E-state index is 12.9. The fraction of sp³-hybridized carbons (Fsp3) is 0.765. The number of nitro groups is 1. The average Bonchev–Trinajstić information content (AvgIpc) is 3.10. The molecule has 8 nitrogen and oxygen atoms in total. The van der Waals surface area contributed by atoms with Crippen LogP contribution >= 0.6 is 0 Å². The molecule has 0 unspecified atom stereocenters. The Morgan fingerprint density at radius 2 is 2.00 bits per heavy atom. The predicted molar refractivity (Wildman–Crippen MR) is 91.3 cm³/mol. The first-order valence-corrected chi connectivity index (χ1v) is 9.07. The average molecular weight is 386 g/mol. The summed E-state index contributed by atoms with van der Waals surface area (Å²) in [5.41, 5.74) is -1.38. The Morgan fingerprint density at radius 3 is 2.59 bits per heavy atom. The van der Waals surface area contributed by atoms with Gasteiger partial charge in [0.05, 0.1) is 30.1 Å². The number of aromatic nitrogens is 2. The first-order chi connectivity index (χ1) is 13.0. The van der Waals surface area contributed by atoms with E-state index in [0.29, 0.717) is 38.8 Å². The van der Waals surface area contributed by atoms with Crippen molar-refractivity contribution in [2.45, 2.75) is 51.0 Å². The van der Waals surface area contributed by atoms with Crippen LogP contribution in [0.25, 0.3) is 0 Å². The van der Waals surface area contributed by atoms with Crippen LogP contribution in [0, 0.1) is 27.4 Å². The SMILES string of the molecule is N#CCCOCCCOCC1CCC(n2cc([N+](=O)[O-])c(C(F)F)n2)CC1. The number of rotatable bonds is 11. The van der Waals surface area contributed by atoms with Gasteiger partial charge in [-0.25, -0.2) is 8.78 Å². The second-order valence-electron chi connectivity index (χ2n) is 6.56. The topological polar surface area (TPSA) is 103 Å². The first-order valence-electron chi connectivity index (χ1n) is 9.07. The summed E-state index contributed by atoms with van der Waals surface area (Å²) < 4.78 is 38.0. The molecule has 0 amide bonds. The minimum atomic E-state index is -2.96. The highest BCUT2D eigenvalue weighted by Crippen LogP contribution is 2.35. The largest absolute Gasteiger partial charge is 0.381 e. The zero-order chi connectivity index (χ0) is 19.6. The van der Waals surface area contributed by atoms with Crippen molar-refractivity contribution in [3.05, 3.63) is 22.0 Å². The quantitative estimate of drug-likeness (QED) is 0.326. The van der Waals surface area contributed by atoms with E-state index < -0.39 is 22.7 Å². The molecule has 27 heavy (non-hydrogen) atoms. The Balaban J connectivity index is 1.69. The standard InChI is InChI=1S/C17H24F2N4O4/c18-17(19)16-15(23(24)25)11-22(21-16)14-5-3-13(4-6-14)12-27-10-2-9-26-8-1-7-20/h11,13-14,17H,1-6,8-10,12H2. The van der Waals surface area contributed by atoms with E-state index in [1.54, 1.807) is 0 Å². The molecule has 0 atom stereocenters. The highest BCUT2D eigenvalue weighted by Gasteiger charge is 2.30. The van der Waals surface area contributed by atoms with Gasteiger partial charge in [-0.05, 0) is 38.0 Å². The van der Waals surface area contributed by atoms with Crippen LogP contribution in [0.1, 0.15) is 56.7 Å². The molecule has 1 aliphatic carbocycles. The minimum Gasteiger partial charge on any atom is -0.381 e. The normalized spacial score (nSPS) is 19.9. The lowest BCUT2D eigenvalue weighted by molar-refractivity contribution is -0.386. The van der Waals surface area contributed by atoms with Crippen LogP contribution < -0.4 is 0 Å². The molecule has 1 aliphatic rings. The van der Waals surface area contributed by atoms with Gasteiger partial charge >= 0.3 is 5.69 Å². The monoisotopic (exact) mass is 386 g/mol. The lowest BCUT2D eigenvalue weighted by atomic mass is 9.86. The summed E-state index contributed by atoms with van der Waals surface area (Å²) >= 11 is 0. The third-order valence-electron chi connectivity index (χ3n) is 4.62. The summed E-state index contributed by atoms with van der Waals surface area (Å²) in [5.74, 6) is 0.390. The molecule has 0 spiro atoms. The maximum absolute atomic E-state index is 12.9. The van der Waals surface area contributed by atoms with E-state index in [1.807, 2.05) is 6.07 Å². The Morgan fingerprint density at radius 1 is 1.30 bits per heavy atom. The highest BCUT2D eigenvalue weighted by atomic mass is 19.3. The molecule has 1 aromatic rings. The lowest BCUT2D eigenvalue weighted by Crippen LogP contribution is -2.22. The van der Waals surface area contributed by atoms with Gasteiger partial charge in [0.15, 0.2) is 0 Å². The Hall–Kier alpha value is -2.12. The fourth-order valence-electron chi connectivity index (χ4n) is 3.19. The Kier molecular flexibility index (Phi) is 8.54. The highest BCUT2D eigenvalue weighted by molar-refractivity contribution is 5.33. The second-order valence-corrected chi connectivity index (χ2v) is 6.56. The van der Waals surface area contributed by atoms with E-state index in [-0.39, 0.29) is 6.04 Å². The molecule has 1 aromatic heterocycles. The van der Waals surface area contributed by atoms with Gasteiger partial charge in [-0.3, -0.25) is 14.8 Å². The summed E-state index contributed by atoms with van der Waals surface area (Å²) in [5, 5.41) is 23.0. The van der Waals surface area contributed by atoms with Gasteiger partial charge in [0.25, 0.3) is 6.43 Å². The first kappa shape index (κ1) is 21.2. The molecule has 1 saturated carbocycles. The van der Waals surface area contributed by atoms with Crippen molar-refractivity contribution in [2.75, 3.05) is 26.4 Å². The van der Waals surface area contributed by atoms with E-state index in [0.717, 1.165) is 38.3 Å². The molecule has 0 N–H and O–H groups in total. The van der Waals surface area contributed by atoms with Crippen molar-refractivity contribution in [3.63, 3.8) is 0 Å². The van der Waals surface area contributed by atoms with Crippen molar-refractivity contribution in [2.24, 2.45) is 5.92 Å². The van der Waals surface area contributed by atoms with Crippen LogP contribution in [0.15, 0.2) is 6.20 Å². The van der Waals surface area contributed by atoms with Gasteiger partial charge in [0.2, 0.25) is 5.69 Å². The van der Waals surface area contributed by atoms with Crippen LogP contribution in [-0.4, -0.2) is 41.1 Å². The van der Waals surface area contributed by atoms with E-state index in [9.17, 15) is 18.9 Å². The summed E-state index contributed by atoms with van der Waals surface area (Å²) in [4.78, 5) is 10.1. The number of hydrogen-bond donors (Lipinski definition) is 0. The molecule has 0 bridgehead atoms. The van der Waals surface area contributed by atoms with Gasteiger partial charge < -0.3 is 9.47 Å². The number of nitriles is 1. The lowest BCUT2D eigenvalue weighted by Gasteiger charge is -2.28. The van der Waals surface area contributed by atoms with Crippen molar-refractivity contribution in [3.8, 4) is 6.07 Å². The van der Waals surface area contributed by atoms with Crippen molar-refractivity contribution >= 4 is 5.69 Å². The Labute approximate surface area is 156 Å². The van der Waals surface area contributed by atoms with Crippen molar-refractivity contribution < 1.29 is 23.2 Å².